The maximum atomic E-state index is 9.50. The molecule has 3 nitrogen and oxygen atoms in total. The van der Waals surface area contributed by atoms with E-state index in [1.165, 1.54) is 11.1 Å². The van der Waals surface area contributed by atoms with Crippen LogP contribution in [0.5, 0.6) is 0 Å². The van der Waals surface area contributed by atoms with Gasteiger partial charge in [0.1, 0.15) is 0 Å². The molecule has 0 amide bonds. The number of hydrogen-bond acceptors (Lipinski definition) is 3. The molecule has 3 rings (SSSR count). The predicted molar refractivity (Wildman–Crippen MR) is 70.6 cm³/mol. The number of rotatable bonds is 3. The van der Waals surface area contributed by atoms with Crippen molar-refractivity contribution in [3.63, 3.8) is 0 Å². The van der Waals surface area contributed by atoms with Gasteiger partial charge in [0.2, 0.25) is 0 Å². The molecule has 2 aliphatic heterocycles. The van der Waals surface area contributed by atoms with Crippen molar-refractivity contribution in [2.75, 3.05) is 39.5 Å². The monoisotopic (exact) mass is 247 g/mol. The molecule has 1 fully saturated rings. The van der Waals surface area contributed by atoms with E-state index in [-0.39, 0.29) is 12.0 Å². The third kappa shape index (κ3) is 2.30. The average Bonchev–Trinajstić information content (AvgIpc) is 2.57. The van der Waals surface area contributed by atoms with Crippen LogP contribution in [0.25, 0.3) is 0 Å². The maximum Gasteiger partial charge on any atom is 0.0579 e. The van der Waals surface area contributed by atoms with E-state index in [1.54, 1.807) is 0 Å². The molecule has 1 N–H and O–H groups in total. The summed E-state index contributed by atoms with van der Waals surface area (Å²) in [7, 11) is 0. The minimum atomic E-state index is 0.0104. The summed E-state index contributed by atoms with van der Waals surface area (Å²) in [5.41, 5.74) is 2.99. The van der Waals surface area contributed by atoms with Crippen LogP contribution in [0.2, 0.25) is 0 Å². The number of aliphatic hydroxyl groups is 1. The first kappa shape index (κ1) is 12.2. The van der Waals surface area contributed by atoms with Gasteiger partial charge in [0.25, 0.3) is 0 Å². The van der Waals surface area contributed by atoms with E-state index < -0.39 is 0 Å². The molecule has 0 aliphatic carbocycles. The Morgan fingerprint density at radius 2 is 1.72 bits per heavy atom. The lowest BCUT2D eigenvalue weighted by Gasteiger charge is -2.43. The van der Waals surface area contributed by atoms with Gasteiger partial charge in [-0.25, -0.2) is 0 Å². The minimum Gasteiger partial charge on any atom is -0.396 e. The van der Waals surface area contributed by atoms with Crippen LogP contribution in [0, 0.1) is 5.41 Å². The Hall–Kier alpha value is -0.900. The number of ether oxygens (including phenoxy) is 1. The normalized spacial score (nSPS) is 22.9. The van der Waals surface area contributed by atoms with Crippen molar-refractivity contribution in [1.82, 2.24) is 4.90 Å². The molecule has 0 bridgehead atoms. The highest BCUT2D eigenvalue weighted by atomic mass is 16.5. The number of aliphatic hydroxyl groups excluding tert-OH is 1. The highest BCUT2D eigenvalue weighted by Crippen LogP contribution is 2.28. The molecule has 2 heterocycles. The standard InChI is InChI=1S/C15H21NO2/c17-10-15(11-18-12-15)9-16-7-5-13-3-1-2-4-14(13)6-8-16/h1-4,17H,5-12H2. The summed E-state index contributed by atoms with van der Waals surface area (Å²) in [6.45, 7) is 4.84. The maximum absolute atomic E-state index is 9.50. The molecule has 0 aromatic heterocycles. The zero-order valence-electron chi connectivity index (χ0n) is 10.8. The predicted octanol–water partition coefficient (Wildman–Crippen LogP) is 1.10. The van der Waals surface area contributed by atoms with Crippen molar-refractivity contribution in [1.29, 1.82) is 0 Å². The molecule has 0 radical (unpaired) electrons. The molecule has 2 aliphatic rings. The van der Waals surface area contributed by atoms with E-state index in [9.17, 15) is 5.11 Å². The number of fused-ring (bicyclic) bond motifs is 1. The molecule has 18 heavy (non-hydrogen) atoms. The molecule has 1 aromatic rings. The Kier molecular flexibility index (Phi) is 3.37. The van der Waals surface area contributed by atoms with E-state index in [4.69, 9.17) is 4.74 Å². The van der Waals surface area contributed by atoms with Gasteiger partial charge >= 0.3 is 0 Å². The van der Waals surface area contributed by atoms with Crippen molar-refractivity contribution in [3.8, 4) is 0 Å². The van der Waals surface area contributed by atoms with E-state index in [0.29, 0.717) is 13.2 Å². The minimum absolute atomic E-state index is 0.0104. The van der Waals surface area contributed by atoms with Gasteiger partial charge in [0, 0.05) is 19.6 Å². The van der Waals surface area contributed by atoms with Crippen LogP contribution >= 0.6 is 0 Å². The highest BCUT2D eigenvalue weighted by Gasteiger charge is 2.39. The first-order chi connectivity index (χ1) is 8.81. The van der Waals surface area contributed by atoms with Gasteiger partial charge in [-0.15, -0.1) is 0 Å². The molecule has 0 atom stereocenters. The SMILES string of the molecule is OCC1(CN2CCc3ccccc3CC2)COC1. The van der Waals surface area contributed by atoms with Crippen LogP contribution < -0.4 is 0 Å². The van der Waals surface area contributed by atoms with Gasteiger partial charge in [-0.05, 0) is 24.0 Å². The van der Waals surface area contributed by atoms with E-state index in [1.807, 2.05) is 0 Å². The first-order valence-electron chi connectivity index (χ1n) is 6.79. The summed E-state index contributed by atoms with van der Waals surface area (Å²) in [6, 6.07) is 8.74. The van der Waals surface area contributed by atoms with Gasteiger partial charge in [0.05, 0.1) is 25.2 Å². The van der Waals surface area contributed by atoms with Gasteiger partial charge in [-0.1, -0.05) is 24.3 Å². The molecule has 1 aromatic carbocycles. The van der Waals surface area contributed by atoms with Gasteiger partial charge in [-0.2, -0.15) is 0 Å². The number of hydrogen-bond donors (Lipinski definition) is 1. The lowest BCUT2D eigenvalue weighted by molar-refractivity contribution is -0.148. The van der Waals surface area contributed by atoms with Crippen LogP contribution in [0.3, 0.4) is 0 Å². The average molecular weight is 247 g/mol. The summed E-state index contributed by atoms with van der Waals surface area (Å²) in [6.07, 6.45) is 2.25. The van der Waals surface area contributed by atoms with Crippen LogP contribution in [0.1, 0.15) is 11.1 Å². The van der Waals surface area contributed by atoms with Crippen molar-refractivity contribution < 1.29 is 9.84 Å². The Morgan fingerprint density at radius 1 is 1.11 bits per heavy atom. The summed E-state index contributed by atoms with van der Waals surface area (Å²) in [5, 5.41) is 9.50. The second kappa shape index (κ2) is 5.00. The smallest absolute Gasteiger partial charge is 0.0579 e. The van der Waals surface area contributed by atoms with Crippen molar-refractivity contribution in [3.05, 3.63) is 35.4 Å². The van der Waals surface area contributed by atoms with E-state index in [2.05, 4.69) is 29.2 Å². The molecule has 98 valence electrons. The van der Waals surface area contributed by atoms with Crippen molar-refractivity contribution in [2.24, 2.45) is 5.41 Å². The van der Waals surface area contributed by atoms with Crippen LogP contribution in [0.15, 0.2) is 24.3 Å². The zero-order chi connectivity index (χ0) is 12.4. The Morgan fingerprint density at radius 3 is 2.17 bits per heavy atom. The molecule has 3 heteroatoms. The lowest BCUT2D eigenvalue weighted by Crippen LogP contribution is -2.53. The molecule has 0 saturated carbocycles. The van der Waals surface area contributed by atoms with Crippen LogP contribution in [0.4, 0.5) is 0 Å². The van der Waals surface area contributed by atoms with E-state index in [0.717, 1.165) is 32.5 Å². The summed E-state index contributed by atoms with van der Waals surface area (Å²) < 4.78 is 5.28. The molecule has 0 unspecified atom stereocenters. The topological polar surface area (TPSA) is 32.7 Å². The Labute approximate surface area is 108 Å². The summed E-state index contributed by atoms with van der Waals surface area (Å²) in [5.74, 6) is 0. The summed E-state index contributed by atoms with van der Waals surface area (Å²) >= 11 is 0. The molecular formula is C15H21NO2. The van der Waals surface area contributed by atoms with Crippen LogP contribution in [-0.2, 0) is 17.6 Å². The quantitative estimate of drug-likeness (QED) is 0.868. The molecule has 1 saturated heterocycles. The van der Waals surface area contributed by atoms with E-state index >= 15 is 0 Å². The lowest BCUT2D eigenvalue weighted by atomic mass is 9.86. The Bertz CT molecular complexity index is 382. The highest BCUT2D eigenvalue weighted by molar-refractivity contribution is 5.28. The largest absolute Gasteiger partial charge is 0.396 e. The fourth-order valence-electron chi connectivity index (χ4n) is 2.97. The van der Waals surface area contributed by atoms with Gasteiger partial charge in [-0.3, -0.25) is 0 Å². The fourth-order valence-corrected chi connectivity index (χ4v) is 2.97. The zero-order valence-corrected chi connectivity index (χ0v) is 10.8. The second-order valence-electron chi connectivity index (χ2n) is 5.70. The van der Waals surface area contributed by atoms with Crippen molar-refractivity contribution in [2.45, 2.75) is 12.8 Å². The van der Waals surface area contributed by atoms with Crippen LogP contribution in [-0.4, -0.2) is 49.5 Å². The van der Waals surface area contributed by atoms with Crippen molar-refractivity contribution >= 4 is 0 Å². The third-order valence-electron chi connectivity index (χ3n) is 4.22. The third-order valence-corrected chi connectivity index (χ3v) is 4.22. The number of benzene rings is 1. The summed E-state index contributed by atoms with van der Waals surface area (Å²) in [4.78, 5) is 2.48. The van der Waals surface area contributed by atoms with Gasteiger partial charge < -0.3 is 14.7 Å². The van der Waals surface area contributed by atoms with Gasteiger partial charge in [0.15, 0.2) is 0 Å². The molecular weight excluding hydrogens is 226 g/mol. The second-order valence-corrected chi connectivity index (χ2v) is 5.70. The fraction of sp³-hybridized carbons (Fsp3) is 0.600. The number of nitrogens with zero attached hydrogens (tertiary/aromatic N) is 1. The Balaban J connectivity index is 1.64. The molecule has 0 spiro atoms. The first-order valence-corrected chi connectivity index (χ1v) is 6.79.